The van der Waals surface area contributed by atoms with Crippen molar-refractivity contribution in [2.75, 3.05) is 13.1 Å². The van der Waals surface area contributed by atoms with Crippen LogP contribution >= 0.6 is 0 Å². The molecule has 3 rings (SSSR count). The molecule has 2 aliphatic heterocycles. The highest BCUT2D eigenvalue weighted by Crippen LogP contribution is 2.28. The highest BCUT2D eigenvalue weighted by atomic mass is 16.5. The van der Waals surface area contributed by atoms with Crippen LogP contribution < -0.4 is 16.5 Å². The zero-order valence-electron chi connectivity index (χ0n) is 13.2. The molecular weight excluding hydrogens is 350 g/mol. The summed E-state index contributed by atoms with van der Waals surface area (Å²) in [6, 6.07) is 0.0517. The van der Waals surface area contributed by atoms with Crippen LogP contribution in [0.4, 0.5) is 0 Å². The Bertz CT molecular complexity index is 905. The summed E-state index contributed by atoms with van der Waals surface area (Å²) in [5, 5.41) is 32.8. The number of carbonyl (C=O) groups excluding carboxylic acids is 2. The van der Waals surface area contributed by atoms with Gasteiger partial charge in [-0.1, -0.05) is 0 Å². The molecule has 0 aliphatic carbocycles. The van der Waals surface area contributed by atoms with E-state index in [1.807, 2.05) is 0 Å². The van der Waals surface area contributed by atoms with Crippen molar-refractivity contribution in [3.05, 3.63) is 39.5 Å². The van der Waals surface area contributed by atoms with Crippen LogP contribution in [0.3, 0.4) is 0 Å². The van der Waals surface area contributed by atoms with Gasteiger partial charge in [-0.2, -0.15) is 4.73 Å². The van der Waals surface area contributed by atoms with Crippen molar-refractivity contribution in [1.82, 2.24) is 20.1 Å². The van der Waals surface area contributed by atoms with E-state index in [1.54, 1.807) is 0 Å². The lowest BCUT2D eigenvalue weighted by atomic mass is 10.1. The van der Waals surface area contributed by atoms with Crippen molar-refractivity contribution >= 4 is 17.8 Å². The van der Waals surface area contributed by atoms with Crippen LogP contribution in [0, 0.1) is 0 Å². The topological polar surface area (TPSA) is 178 Å². The smallest absolute Gasteiger partial charge is 0.354 e. The van der Waals surface area contributed by atoms with Crippen LogP contribution in [-0.4, -0.2) is 67.1 Å². The quantitative estimate of drug-likeness (QED) is 0.351. The number of nitrogens with two attached hydrogens (primary N) is 1. The van der Waals surface area contributed by atoms with E-state index in [4.69, 9.17) is 5.73 Å². The van der Waals surface area contributed by atoms with Crippen LogP contribution in [0.15, 0.2) is 28.3 Å². The molecule has 0 saturated carbocycles. The number of hydrazine groups is 1. The molecule has 6 N–H and O–H groups in total. The summed E-state index contributed by atoms with van der Waals surface area (Å²) in [6.07, 6.45) is 0.767. The summed E-state index contributed by atoms with van der Waals surface area (Å²) < 4.78 is 0.461. The first-order valence-corrected chi connectivity index (χ1v) is 7.43. The Morgan fingerprint density at radius 2 is 2.04 bits per heavy atom. The molecule has 3 heterocycles. The first-order valence-electron chi connectivity index (χ1n) is 7.43. The van der Waals surface area contributed by atoms with E-state index in [0.29, 0.717) is 4.73 Å². The third-order valence-corrected chi connectivity index (χ3v) is 4.05. The van der Waals surface area contributed by atoms with Gasteiger partial charge in [-0.05, 0) is 0 Å². The van der Waals surface area contributed by atoms with E-state index >= 15 is 0 Å². The normalized spacial score (nSPS) is 19.8. The van der Waals surface area contributed by atoms with Gasteiger partial charge < -0.3 is 26.5 Å². The molecule has 2 amide bonds. The minimum atomic E-state index is -1.45. The van der Waals surface area contributed by atoms with E-state index in [2.05, 4.69) is 5.32 Å². The highest BCUT2D eigenvalue weighted by Gasteiger charge is 2.47. The van der Waals surface area contributed by atoms with Crippen molar-refractivity contribution in [3.8, 4) is 5.75 Å². The molecule has 0 spiro atoms. The molecule has 12 nitrogen and oxygen atoms in total. The van der Waals surface area contributed by atoms with Crippen molar-refractivity contribution in [3.63, 3.8) is 0 Å². The van der Waals surface area contributed by atoms with Crippen LogP contribution in [0.2, 0.25) is 0 Å². The SMILES string of the molecule is N[C@H]1CN2CC(C(=O)NCc3cc(=O)c(O)cn3O)=C(C(=O)O)N2C1=O. The van der Waals surface area contributed by atoms with Crippen LogP contribution in [0.1, 0.15) is 5.69 Å². The maximum Gasteiger partial charge on any atom is 0.354 e. The minimum Gasteiger partial charge on any atom is -0.503 e. The first-order chi connectivity index (χ1) is 12.2. The van der Waals surface area contributed by atoms with Gasteiger partial charge in [0, 0.05) is 12.6 Å². The third kappa shape index (κ3) is 2.76. The molecule has 0 radical (unpaired) electrons. The lowest BCUT2D eigenvalue weighted by Crippen LogP contribution is -2.37. The van der Waals surface area contributed by atoms with Gasteiger partial charge in [0.25, 0.3) is 11.8 Å². The highest BCUT2D eigenvalue weighted by molar-refractivity contribution is 6.06. The number of fused-ring (bicyclic) bond motifs is 1. The van der Waals surface area contributed by atoms with E-state index in [-0.39, 0.29) is 30.9 Å². The Labute approximate surface area is 145 Å². The van der Waals surface area contributed by atoms with Gasteiger partial charge >= 0.3 is 5.97 Å². The van der Waals surface area contributed by atoms with E-state index in [9.17, 15) is 34.6 Å². The van der Waals surface area contributed by atoms with Crippen molar-refractivity contribution in [2.24, 2.45) is 5.73 Å². The van der Waals surface area contributed by atoms with Gasteiger partial charge in [0.1, 0.15) is 6.04 Å². The van der Waals surface area contributed by atoms with Crippen molar-refractivity contribution in [1.29, 1.82) is 0 Å². The number of hydrogen-bond donors (Lipinski definition) is 5. The summed E-state index contributed by atoms with van der Waals surface area (Å²) in [5.74, 6) is -3.52. The maximum atomic E-state index is 12.4. The second-order valence-corrected chi connectivity index (χ2v) is 5.78. The van der Waals surface area contributed by atoms with Gasteiger partial charge in [-0.3, -0.25) is 14.4 Å². The summed E-state index contributed by atoms with van der Waals surface area (Å²) in [5.41, 5.74) is 4.19. The third-order valence-electron chi connectivity index (χ3n) is 4.05. The lowest BCUT2D eigenvalue weighted by molar-refractivity contribution is -0.143. The summed E-state index contributed by atoms with van der Waals surface area (Å²) in [4.78, 5) is 47.3. The number of hydrogen-bond acceptors (Lipinski definition) is 8. The fourth-order valence-electron chi connectivity index (χ4n) is 2.82. The molecule has 1 aromatic rings. The fourth-order valence-corrected chi connectivity index (χ4v) is 2.82. The Balaban J connectivity index is 1.82. The molecular formula is C14H15N5O7. The number of carbonyl (C=O) groups is 3. The minimum absolute atomic E-state index is 0.0319. The number of nitrogens with one attached hydrogen (secondary N) is 1. The summed E-state index contributed by atoms with van der Waals surface area (Å²) in [6.45, 7) is -0.344. The Hall–Kier alpha value is -3.38. The average Bonchev–Trinajstić information content (AvgIpc) is 3.06. The van der Waals surface area contributed by atoms with E-state index in [0.717, 1.165) is 17.3 Å². The van der Waals surface area contributed by atoms with E-state index in [1.165, 1.54) is 5.01 Å². The van der Waals surface area contributed by atoms with Gasteiger partial charge in [-0.15, -0.1) is 0 Å². The number of aromatic hydroxyl groups is 1. The fraction of sp³-hybridized carbons (Fsp3) is 0.286. The molecule has 12 heteroatoms. The van der Waals surface area contributed by atoms with Crippen molar-refractivity contribution in [2.45, 2.75) is 12.6 Å². The van der Waals surface area contributed by atoms with Crippen molar-refractivity contribution < 1.29 is 29.8 Å². The second kappa shape index (κ2) is 6.16. The number of nitrogens with zero attached hydrogens (tertiary/aromatic N) is 3. The number of aromatic nitrogens is 1. The Morgan fingerprint density at radius 1 is 1.35 bits per heavy atom. The standard InChI is InChI=1S/C14H15N5O7/c15-8-4-17-3-7(11(14(24)25)19(17)13(8)23)12(22)16-2-6-1-9(20)10(21)5-18(6)26/h1,5,8,21,26H,2-4,15H2,(H,16,22)(H,24,25)/t8-/m0/s1. The molecule has 1 atom stereocenters. The number of rotatable bonds is 4. The number of pyridine rings is 1. The predicted octanol–water partition coefficient (Wildman–Crippen LogP) is -2.85. The first kappa shape index (κ1) is 17.4. The zero-order valence-corrected chi connectivity index (χ0v) is 13.2. The van der Waals surface area contributed by atoms with Gasteiger partial charge in [0.2, 0.25) is 5.43 Å². The molecule has 1 saturated heterocycles. The molecule has 26 heavy (non-hydrogen) atoms. The zero-order chi connectivity index (χ0) is 19.2. The summed E-state index contributed by atoms with van der Waals surface area (Å²) >= 11 is 0. The summed E-state index contributed by atoms with van der Waals surface area (Å²) in [7, 11) is 0. The monoisotopic (exact) mass is 365 g/mol. The number of amides is 2. The van der Waals surface area contributed by atoms with Crippen LogP contribution in [0.25, 0.3) is 0 Å². The van der Waals surface area contributed by atoms with Crippen LogP contribution in [0.5, 0.6) is 5.75 Å². The molecule has 0 aromatic carbocycles. The largest absolute Gasteiger partial charge is 0.503 e. The van der Waals surface area contributed by atoms with Gasteiger partial charge in [0.15, 0.2) is 11.4 Å². The molecule has 1 fully saturated rings. The molecule has 0 bridgehead atoms. The number of carboxylic acid groups (broad SMARTS) is 1. The number of carboxylic acids is 1. The van der Waals surface area contributed by atoms with Gasteiger partial charge in [0.05, 0.1) is 30.6 Å². The maximum absolute atomic E-state index is 12.4. The molecule has 1 aromatic heterocycles. The Kier molecular flexibility index (Phi) is 4.13. The predicted molar refractivity (Wildman–Crippen MR) is 82.5 cm³/mol. The van der Waals surface area contributed by atoms with E-state index < -0.39 is 40.7 Å². The second-order valence-electron chi connectivity index (χ2n) is 5.78. The average molecular weight is 365 g/mol. The lowest BCUT2D eigenvalue weighted by Gasteiger charge is -2.19. The molecule has 138 valence electrons. The molecule has 0 unspecified atom stereocenters. The number of aliphatic carboxylic acids is 1. The van der Waals surface area contributed by atoms with Crippen LogP contribution in [-0.2, 0) is 20.9 Å². The Morgan fingerprint density at radius 3 is 2.69 bits per heavy atom. The molecule has 2 aliphatic rings. The van der Waals surface area contributed by atoms with Gasteiger partial charge in [-0.25, -0.2) is 14.8 Å².